The third-order valence-electron chi connectivity index (χ3n) is 1.82. The van der Waals surface area contributed by atoms with Crippen molar-refractivity contribution >= 4 is 29.4 Å². The second-order valence-corrected chi connectivity index (χ2v) is 2.78. The summed E-state index contributed by atoms with van der Waals surface area (Å²) in [4.78, 5) is 27.9. The minimum atomic E-state index is -1.03. The minimum Gasteiger partial charge on any atom is -0.478 e. The second-order valence-electron chi connectivity index (χ2n) is 2.78. The average molecular weight is 227 g/mol. The molecule has 1 aromatic carbocycles. The normalized spacial score (nSPS) is 9.60. The van der Waals surface area contributed by atoms with Crippen LogP contribution in [-0.4, -0.2) is 21.0 Å². The molecular weight excluding hydrogens is 220 g/mol. The number of hydrogen-bond acceptors (Lipinski definition) is 3. The lowest BCUT2D eigenvalue weighted by Gasteiger charge is -1.97. The van der Waals surface area contributed by atoms with Gasteiger partial charge in [0, 0.05) is 0 Å². The molecule has 6 heteroatoms. The molecule has 0 atom stereocenters. The maximum Gasteiger partial charge on any atom is 0.335 e. The lowest BCUT2D eigenvalue weighted by Crippen LogP contribution is -2.05. The Morgan fingerprint density at radius 2 is 2.13 bits per heavy atom. The van der Waals surface area contributed by atoms with Crippen LogP contribution in [0.25, 0.3) is 11.0 Å². The molecule has 0 aliphatic carbocycles. The molecule has 0 saturated carbocycles. The number of carbonyl (C=O) groups is 1. The molecule has 0 bridgehead atoms. The second kappa shape index (κ2) is 4.10. The molecule has 5 nitrogen and oxygen atoms in total. The van der Waals surface area contributed by atoms with Crippen LogP contribution in [0.1, 0.15) is 10.4 Å². The molecule has 1 heterocycles. The summed E-state index contributed by atoms with van der Waals surface area (Å²) in [5, 5.41) is 8.70. The number of nitrogens with zero attached hydrogens (tertiary/aromatic N) is 1. The van der Waals surface area contributed by atoms with Gasteiger partial charge in [-0.15, -0.1) is 12.4 Å². The Labute approximate surface area is 90.2 Å². The van der Waals surface area contributed by atoms with Crippen molar-refractivity contribution in [3.63, 3.8) is 0 Å². The predicted molar refractivity (Wildman–Crippen MR) is 56.6 cm³/mol. The largest absolute Gasteiger partial charge is 0.478 e. The van der Waals surface area contributed by atoms with E-state index in [9.17, 15) is 9.59 Å². The summed E-state index contributed by atoms with van der Waals surface area (Å²) >= 11 is 0. The standard InChI is InChI=1S/C9H6N2O3.ClH/c12-8-4-10-6-2-1-5(9(13)14)3-7(6)11-8;/h1-4H,(H,11,12)(H,13,14);1H. The maximum atomic E-state index is 10.9. The van der Waals surface area contributed by atoms with Crippen molar-refractivity contribution in [2.75, 3.05) is 0 Å². The molecule has 0 unspecified atom stereocenters. The third-order valence-corrected chi connectivity index (χ3v) is 1.82. The van der Waals surface area contributed by atoms with E-state index in [2.05, 4.69) is 9.97 Å². The van der Waals surface area contributed by atoms with E-state index in [0.717, 1.165) is 6.20 Å². The van der Waals surface area contributed by atoms with E-state index in [1.165, 1.54) is 12.1 Å². The molecule has 78 valence electrons. The summed E-state index contributed by atoms with van der Waals surface area (Å²) in [6.45, 7) is 0. The number of aromatic nitrogens is 2. The van der Waals surface area contributed by atoms with Crippen LogP contribution in [0.2, 0.25) is 0 Å². The summed E-state index contributed by atoms with van der Waals surface area (Å²) < 4.78 is 0. The van der Waals surface area contributed by atoms with Crippen LogP contribution < -0.4 is 5.56 Å². The van der Waals surface area contributed by atoms with Crippen molar-refractivity contribution in [1.82, 2.24) is 9.97 Å². The van der Waals surface area contributed by atoms with Crippen LogP contribution in [0.5, 0.6) is 0 Å². The molecule has 0 radical (unpaired) electrons. The summed E-state index contributed by atoms with van der Waals surface area (Å²) in [7, 11) is 0. The molecule has 15 heavy (non-hydrogen) atoms. The summed E-state index contributed by atoms with van der Waals surface area (Å²) in [6, 6.07) is 4.37. The van der Waals surface area contributed by atoms with Crippen LogP contribution in [0, 0.1) is 0 Å². The molecule has 0 spiro atoms. The van der Waals surface area contributed by atoms with Crippen molar-refractivity contribution in [1.29, 1.82) is 0 Å². The third kappa shape index (κ3) is 2.13. The minimum absolute atomic E-state index is 0. The Morgan fingerprint density at radius 3 is 2.80 bits per heavy atom. The van der Waals surface area contributed by atoms with Gasteiger partial charge < -0.3 is 10.1 Å². The van der Waals surface area contributed by atoms with Gasteiger partial charge >= 0.3 is 5.97 Å². The highest BCUT2D eigenvalue weighted by molar-refractivity contribution is 5.91. The molecule has 0 fully saturated rings. The number of rotatable bonds is 1. The fraction of sp³-hybridized carbons (Fsp3) is 0. The number of benzene rings is 1. The SMILES string of the molecule is Cl.O=C(O)c1ccc2ncc(=O)[nH]c2c1. The van der Waals surface area contributed by atoms with Gasteiger partial charge in [0.25, 0.3) is 5.56 Å². The van der Waals surface area contributed by atoms with Crippen LogP contribution in [0.4, 0.5) is 0 Å². The fourth-order valence-corrected chi connectivity index (χ4v) is 1.17. The molecule has 0 aliphatic rings. The highest BCUT2D eigenvalue weighted by Crippen LogP contribution is 2.09. The quantitative estimate of drug-likeness (QED) is 0.761. The number of carboxylic acids is 1. The Hall–Kier alpha value is -1.88. The van der Waals surface area contributed by atoms with E-state index < -0.39 is 5.97 Å². The van der Waals surface area contributed by atoms with Gasteiger partial charge in [-0.05, 0) is 18.2 Å². The number of nitrogens with one attached hydrogen (secondary N) is 1. The van der Waals surface area contributed by atoms with Crippen molar-refractivity contribution in [2.24, 2.45) is 0 Å². The van der Waals surface area contributed by atoms with Crippen molar-refractivity contribution < 1.29 is 9.90 Å². The first-order valence-corrected chi connectivity index (χ1v) is 3.89. The van der Waals surface area contributed by atoms with Crippen LogP contribution in [-0.2, 0) is 0 Å². The van der Waals surface area contributed by atoms with Gasteiger partial charge in [-0.2, -0.15) is 0 Å². The van der Waals surface area contributed by atoms with Crippen molar-refractivity contribution in [3.05, 3.63) is 40.3 Å². The lowest BCUT2D eigenvalue weighted by atomic mass is 10.2. The lowest BCUT2D eigenvalue weighted by molar-refractivity contribution is 0.0697. The van der Waals surface area contributed by atoms with Crippen LogP contribution in [0.3, 0.4) is 0 Å². The Balaban J connectivity index is 0.00000112. The van der Waals surface area contributed by atoms with Gasteiger partial charge in [0.2, 0.25) is 0 Å². The first-order valence-electron chi connectivity index (χ1n) is 3.89. The van der Waals surface area contributed by atoms with Gasteiger partial charge in [-0.25, -0.2) is 9.78 Å². The Kier molecular flexibility index (Phi) is 3.06. The van der Waals surface area contributed by atoms with E-state index >= 15 is 0 Å². The van der Waals surface area contributed by atoms with E-state index in [1.54, 1.807) is 6.07 Å². The first-order chi connectivity index (χ1) is 6.66. The monoisotopic (exact) mass is 226 g/mol. The maximum absolute atomic E-state index is 10.9. The number of aromatic amines is 1. The fourth-order valence-electron chi connectivity index (χ4n) is 1.17. The van der Waals surface area contributed by atoms with E-state index in [4.69, 9.17) is 5.11 Å². The summed E-state index contributed by atoms with van der Waals surface area (Å²) in [5.41, 5.74) is 0.771. The number of fused-ring (bicyclic) bond motifs is 1. The zero-order valence-corrected chi connectivity index (χ0v) is 8.25. The highest BCUT2D eigenvalue weighted by Gasteiger charge is 2.03. The molecule has 2 rings (SSSR count). The first kappa shape index (κ1) is 11.2. The smallest absolute Gasteiger partial charge is 0.335 e. The number of halogens is 1. The summed E-state index contributed by atoms with van der Waals surface area (Å²) in [5.74, 6) is -1.03. The molecule has 2 N–H and O–H groups in total. The average Bonchev–Trinajstić information content (AvgIpc) is 2.16. The molecule has 1 aromatic heterocycles. The topological polar surface area (TPSA) is 83.0 Å². The molecule has 0 saturated heterocycles. The number of hydrogen-bond donors (Lipinski definition) is 2. The van der Waals surface area contributed by atoms with Gasteiger partial charge in [-0.3, -0.25) is 4.79 Å². The highest BCUT2D eigenvalue weighted by atomic mass is 35.5. The van der Waals surface area contributed by atoms with E-state index in [1.807, 2.05) is 0 Å². The Morgan fingerprint density at radius 1 is 1.40 bits per heavy atom. The molecule has 0 aliphatic heterocycles. The van der Waals surface area contributed by atoms with Gasteiger partial charge in [0.15, 0.2) is 0 Å². The predicted octanol–water partition coefficient (Wildman–Crippen LogP) is 1.04. The molecule has 0 amide bonds. The zero-order valence-electron chi connectivity index (χ0n) is 7.43. The van der Waals surface area contributed by atoms with Crippen LogP contribution >= 0.6 is 12.4 Å². The van der Waals surface area contributed by atoms with E-state index in [0.29, 0.717) is 11.0 Å². The number of H-pyrrole nitrogens is 1. The summed E-state index contributed by atoms with van der Waals surface area (Å²) in [6.07, 6.45) is 1.16. The zero-order chi connectivity index (χ0) is 10.1. The van der Waals surface area contributed by atoms with Crippen molar-refractivity contribution in [3.8, 4) is 0 Å². The molecule has 2 aromatic rings. The van der Waals surface area contributed by atoms with Crippen molar-refractivity contribution in [2.45, 2.75) is 0 Å². The van der Waals surface area contributed by atoms with Gasteiger partial charge in [-0.1, -0.05) is 0 Å². The van der Waals surface area contributed by atoms with Crippen LogP contribution in [0.15, 0.2) is 29.2 Å². The van der Waals surface area contributed by atoms with E-state index in [-0.39, 0.29) is 23.5 Å². The van der Waals surface area contributed by atoms with Gasteiger partial charge in [0.1, 0.15) is 0 Å². The van der Waals surface area contributed by atoms with Gasteiger partial charge in [0.05, 0.1) is 22.8 Å². The Bertz CT molecular complexity index is 565. The number of carboxylic acid groups (broad SMARTS) is 1. The number of aromatic carboxylic acids is 1. The molecular formula is C9H7ClN2O3.